The minimum atomic E-state index is -3.10. The van der Waals surface area contributed by atoms with E-state index >= 15 is 0 Å². The number of imidazole rings is 1. The average Bonchev–Trinajstić information content (AvgIpc) is 3.61. The van der Waals surface area contributed by atoms with Crippen LogP contribution >= 0.6 is 0 Å². The molecule has 0 radical (unpaired) electrons. The number of hydrogen-bond donors (Lipinski definition) is 2. The number of aromatic nitrogens is 2. The van der Waals surface area contributed by atoms with Gasteiger partial charge in [0.2, 0.25) is 0 Å². The van der Waals surface area contributed by atoms with Gasteiger partial charge in [-0.2, -0.15) is 8.78 Å². The Balaban J connectivity index is 1.34. The molecule has 0 atom stereocenters. The van der Waals surface area contributed by atoms with Crippen LogP contribution in [0.4, 0.5) is 8.78 Å². The minimum Gasteiger partial charge on any atom is -0.496 e. The third-order valence-corrected chi connectivity index (χ3v) is 6.52. The molecule has 2 aliphatic rings. The fourth-order valence-corrected chi connectivity index (χ4v) is 4.47. The molecule has 37 heavy (non-hydrogen) atoms. The van der Waals surface area contributed by atoms with Crippen molar-refractivity contribution in [3.63, 3.8) is 0 Å². The van der Waals surface area contributed by atoms with E-state index in [2.05, 4.69) is 20.5 Å². The molecule has 5 rings (SSSR count). The molecule has 1 amide bonds. The number of pyridine rings is 1. The van der Waals surface area contributed by atoms with Crippen molar-refractivity contribution in [2.45, 2.75) is 31.9 Å². The van der Waals surface area contributed by atoms with Gasteiger partial charge in [0.15, 0.2) is 0 Å². The summed E-state index contributed by atoms with van der Waals surface area (Å²) in [5.41, 5.74) is 1.74. The van der Waals surface area contributed by atoms with Crippen LogP contribution in [0.15, 0.2) is 36.7 Å². The van der Waals surface area contributed by atoms with Crippen molar-refractivity contribution in [2.24, 2.45) is 0 Å². The highest BCUT2D eigenvalue weighted by Crippen LogP contribution is 2.37. The van der Waals surface area contributed by atoms with E-state index in [0.29, 0.717) is 29.3 Å². The Morgan fingerprint density at radius 2 is 2.00 bits per heavy atom. The summed E-state index contributed by atoms with van der Waals surface area (Å²) in [4.78, 5) is 19.7. The highest BCUT2D eigenvalue weighted by molar-refractivity contribution is 6.01. The lowest BCUT2D eigenvalue weighted by Crippen LogP contribution is -2.43. The zero-order valence-corrected chi connectivity index (χ0v) is 20.7. The van der Waals surface area contributed by atoms with Crippen molar-refractivity contribution < 1.29 is 27.8 Å². The zero-order valence-electron chi connectivity index (χ0n) is 20.7. The Hall–Kier alpha value is -3.44. The number of ether oxygens (including phenoxy) is 3. The number of amides is 1. The van der Waals surface area contributed by atoms with Gasteiger partial charge in [-0.15, -0.1) is 0 Å². The predicted octanol–water partition coefficient (Wildman–Crippen LogP) is 3.18. The molecular formula is C26H31F2N5O4. The number of methoxy groups -OCH3 is 1. The molecule has 3 aromatic rings. The summed E-state index contributed by atoms with van der Waals surface area (Å²) >= 11 is 0. The van der Waals surface area contributed by atoms with Gasteiger partial charge in [-0.25, -0.2) is 4.98 Å². The van der Waals surface area contributed by atoms with Crippen LogP contribution in [0.2, 0.25) is 0 Å². The molecule has 2 aromatic heterocycles. The molecule has 2 N–H and O–H groups in total. The number of nitrogens with zero attached hydrogens (tertiary/aromatic N) is 3. The molecule has 9 nitrogen and oxygen atoms in total. The van der Waals surface area contributed by atoms with Crippen molar-refractivity contribution in [3.8, 4) is 28.5 Å². The van der Waals surface area contributed by atoms with E-state index in [1.807, 2.05) is 22.7 Å². The van der Waals surface area contributed by atoms with Crippen molar-refractivity contribution in [1.82, 2.24) is 24.9 Å². The fraction of sp³-hybridized carbons (Fsp3) is 0.462. The number of alkyl halides is 2. The Labute approximate surface area is 213 Å². The van der Waals surface area contributed by atoms with Crippen LogP contribution < -0.4 is 24.8 Å². The molecule has 0 spiro atoms. The molecule has 2 fully saturated rings. The first-order valence-corrected chi connectivity index (χ1v) is 12.5. The van der Waals surface area contributed by atoms with Crippen LogP contribution in [0.25, 0.3) is 16.9 Å². The van der Waals surface area contributed by atoms with E-state index in [9.17, 15) is 13.6 Å². The average molecular weight is 516 g/mol. The second-order valence-corrected chi connectivity index (χ2v) is 9.21. The summed E-state index contributed by atoms with van der Waals surface area (Å²) < 4.78 is 44.4. The first kappa shape index (κ1) is 25.2. The molecule has 1 aliphatic heterocycles. The highest BCUT2D eigenvalue weighted by atomic mass is 19.3. The van der Waals surface area contributed by atoms with Gasteiger partial charge < -0.3 is 29.7 Å². The standard InChI is InChI=1S/C26H31F2N5O4/c1-35-21-13-17(14-22(37-26(27)28)24(21)25(34)31-18-3-4-18)20-16-30-23-15-19(5-9-33(20)23)36-12-2-8-32-10-6-29-7-11-32/h5,9,13-16,18,26,29H,2-4,6-8,10-12H2,1H3,(H,31,34). The molecule has 1 saturated carbocycles. The maximum absolute atomic E-state index is 13.2. The Morgan fingerprint density at radius 1 is 1.22 bits per heavy atom. The Morgan fingerprint density at radius 3 is 2.73 bits per heavy atom. The van der Waals surface area contributed by atoms with Gasteiger partial charge in [0.05, 0.1) is 25.6 Å². The topological polar surface area (TPSA) is 89.4 Å². The first-order valence-electron chi connectivity index (χ1n) is 12.5. The monoisotopic (exact) mass is 515 g/mol. The maximum atomic E-state index is 13.2. The summed E-state index contributed by atoms with van der Waals surface area (Å²) in [6, 6.07) is 6.77. The number of rotatable bonds is 11. The van der Waals surface area contributed by atoms with Gasteiger partial charge >= 0.3 is 6.61 Å². The summed E-state index contributed by atoms with van der Waals surface area (Å²) in [7, 11) is 1.39. The lowest BCUT2D eigenvalue weighted by Gasteiger charge is -2.26. The quantitative estimate of drug-likeness (QED) is 0.379. The smallest absolute Gasteiger partial charge is 0.387 e. The van der Waals surface area contributed by atoms with Crippen molar-refractivity contribution in [1.29, 1.82) is 0 Å². The number of benzene rings is 1. The highest BCUT2D eigenvalue weighted by Gasteiger charge is 2.29. The Bertz CT molecular complexity index is 1240. The van der Waals surface area contributed by atoms with Gasteiger partial charge in [0.1, 0.15) is 28.5 Å². The maximum Gasteiger partial charge on any atom is 0.387 e. The van der Waals surface area contributed by atoms with Crippen LogP contribution in [0, 0.1) is 0 Å². The van der Waals surface area contributed by atoms with Crippen LogP contribution in [-0.4, -0.2) is 79.3 Å². The van der Waals surface area contributed by atoms with E-state index in [1.54, 1.807) is 12.3 Å². The number of carbonyl (C=O) groups is 1. The number of halogens is 2. The molecular weight excluding hydrogens is 484 g/mol. The van der Waals surface area contributed by atoms with E-state index < -0.39 is 12.5 Å². The zero-order chi connectivity index (χ0) is 25.8. The molecule has 0 bridgehead atoms. The number of fused-ring (bicyclic) bond motifs is 1. The predicted molar refractivity (Wildman–Crippen MR) is 134 cm³/mol. The summed E-state index contributed by atoms with van der Waals surface area (Å²) in [6.45, 7) is 2.67. The molecule has 1 aliphatic carbocycles. The number of nitrogens with one attached hydrogen (secondary N) is 2. The van der Waals surface area contributed by atoms with E-state index in [0.717, 1.165) is 52.0 Å². The van der Waals surface area contributed by atoms with Crippen molar-refractivity contribution >= 4 is 11.6 Å². The van der Waals surface area contributed by atoms with Gasteiger partial charge in [-0.3, -0.25) is 9.20 Å². The third kappa shape index (κ3) is 6.11. The molecule has 1 saturated heterocycles. The minimum absolute atomic E-state index is 0.0496. The lowest BCUT2D eigenvalue weighted by atomic mass is 10.1. The van der Waals surface area contributed by atoms with Gasteiger partial charge in [0.25, 0.3) is 5.91 Å². The lowest BCUT2D eigenvalue weighted by molar-refractivity contribution is -0.0502. The molecule has 198 valence electrons. The fourth-order valence-electron chi connectivity index (χ4n) is 4.47. The summed E-state index contributed by atoms with van der Waals surface area (Å²) in [5.74, 6) is 0.0994. The van der Waals surface area contributed by atoms with Gasteiger partial charge in [-0.05, 0) is 37.5 Å². The van der Waals surface area contributed by atoms with Crippen LogP contribution in [0.1, 0.15) is 29.6 Å². The molecule has 0 unspecified atom stereocenters. The third-order valence-electron chi connectivity index (χ3n) is 6.52. The molecule has 3 heterocycles. The molecule has 11 heteroatoms. The van der Waals surface area contributed by atoms with Crippen LogP contribution in [0.5, 0.6) is 17.2 Å². The summed E-state index contributed by atoms with van der Waals surface area (Å²) in [6.07, 6.45) is 6.10. The van der Waals surface area contributed by atoms with Gasteiger partial charge in [0, 0.05) is 56.6 Å². The first-order chi connectivity index (χ1) is 18.0. The van der Waals surface area contributed by atoms with Gasteiger partial charge in [-0.1, -0.05) is 0 Å². The van der Waals surface area contributed by atoms with Crippen molar-refractivity contribution in [2.75, 3.05) is 46.4 Å². The second kappa shape index (κ2) is 11.3. The van der Waals surface area contributed by atoms with E-state index in [4.69, 9.17) is 14.2 Å². The number of hydrogen-bond acceptors (Lipinski definition) is 7. The number of carbonyl (C=O) groups excluding carboxylic acids is 1. The summed E-state index contributed by atoms with van der Waals surface area (Å²) in [5, 5.41) is 6.16. The SMILES string of the molecule is COc1cc(-c2cnc3cc(OCCCN4CCNCC4)ccn23)cc(OC(F)F)c1C(=O)NC1CC1. The largest absolute Gasteiger partial charge is 0.496 e. The second-order valence-electron chi connectivity index (χ2n) is 9.21. The number of piperazine rings is 1. The van der Waals surface area contributed by atoms with E-state index in [1.165, 1.54) is 13.2 Å². The normalized spacial score (nSPS) is 16.2. The van der Waals surface area contributed by atoms with Crippen LogP contribution in [0.3, 0.4) is 0 Å². The van der Waals surface area contributed by atoms with E-state index in [-0.39, 0.29) is 23.1 Å². The van der Waals surface area contributed by atoms with Crippen molar-refractivity contribution in [3.05, 3.63) is 42.2 Å². The Kier molecular flexibility index (Phi) is 7.71. The van der Waals surface area contributed by atoms with Crippen LogP contribution in [-0.2, 0) is 0 Å². The molecule has 1 aromatic carbocycles.